The molecule has 20 heavy (non-hydrogen) atoms. The molecule has 0 spiro atoms. The van der Waals surface area contributed by atoms with E-state index < -0.39 is 0 Å². The van der Waals surface area contributed by atoms with Crippen LogP contribution in [0.15, 0.2) is 18.2 Å². The molecule has 0 bridgehead atoms. The van der Waals surface area contributed by atoms with Gasteiger partial charge in [-0.3, -0.25) is 9.59 Å². The summed E-state index contributed by atoms with van der Waals surface area (Å²) in [6.45, 7) is 6.59. The molecule has 110 valence electrons. The lowest BCUT2D eigenvalue weighted by Crippen LogP contribution is -2.27. The van der Waals surface area contributed by atoms with Gasteiger partial charge in [0.15, 0.2) is 0 Å². The predicted octanol–water partition coefficient (Wildman–Crippen LogP) is 3.46. The van der Waals surface area contributed by atoms with Crippen molar-refractivity contribution in [2.24, 2.45) is 5.92 Å². The first kappa shape index (κ1) is 16.5. The number of nitrogens with one attached hydrogen (secondary N) is 2. The number of carbonyl (C=O) groups excluding carboxylic acids is 2. The van der Waals surface area contributed by atoms with Crippen LogP contribution in [0.3, 0.4) is 0 Å². The number of anilines is 1. The predicted molar refractivity (Wildman–Crippen MR) is 82.2 cm³/mol. The Labute approximate surface area is 124 Å². The van der Waals surface area contributed by atoms with Gasteiger partial charge in [-0.1, -0.05) is 32.4 Å². The van der Waals surface area contributed by atoms with Crippen LogP contribution >= 0.6 is 11.6 Å². The van der Waals surface area contributed by atoms with E-state index in [1.807, 2.05) is 20.8 Å². The highest BCUT2D eigenvalue weighted by atomic mass is 35.5. The van der Waals surface area contributed by atoms with Crippen LogP contribution in [0.1, 0.15) is 44.0 Å². The summed E-state index contributed by atoms with van der Waals surface area (Å²) in [5, 5.41) is 5.98. The number of halogens is 1. The molecular formula is C15H21ClN2O2. The first-order chi connectivity index (χ1) is 9.43. The summed E-state index contributed by atoms with van der Waals surface area (Å²) >= 11 is 6.03. The molecule has 0 saturated heterocycles. The normalized spacial score (nSPS) is 10.4. The zero-order valence-electron chi connectivity index (χ0n) is 12.1. The summed E-state index contributed by atoms with van der Waals surface area (Å²) in [4.78, 5) is 23.5. The maximum Gasteiger partial charge on any atom is 0.251 e. The van der Waals surface area contributed by atoms with Crippen molar-refractivity contribution in [3.05, 3.63) is 28.8 Å². The summed E-state index contributed by atoms with van der Waals surface area (Å²) in [7, 11) is 0. The van der Waals surface area contributed by atoms with Gasteiger partial charge in [-0.2, -0.15) is 0 Å². The van der Waals surface area contributed by atoms with Crippen molar-refractivity contribution in [1.29, 1.82) is 0 Å². The molecule has 1 aromatic carbocycles. The van der Waals surface area contributed by atoms with Gasteiger partial charge in [0.2, 0.25) is 5.91 Å². The summed E-state index contributed by atoms with van der Waals surface area (Å²) in [5.74, 6) is 0.116. The molecule has 4 nitrogen and oxygen atoms in total. The SMILES string of the molecule is CCCC(=O)Nc1cc(C(=O)NCC(C)C)ccc1Cl. The quantitative estimate of drug-likeness (QED) is 0.844. The first-order valence-corrected chi connectivity index (χ1v) is 7.19. The van der Waals surface area contributed by atoms with Crippen LogP contribution in [0, 0.1) is 5.92 Å². The maximum absolute atomic E-state index is 12.0. The van der Waals surface area contributed by atoms with E-state index in [0.29, 0.717) is 35.2 Å². The van der Waals surface area contributed by atoms with Crippen molar-refractivity contribution < 1.29 is 9.59 Å². The number of benzene rings is 1. The van der Waals surface area contributed by atoms with Crippen LogP contribution in [0.2, 0.25) is 5.02 Å². The van der Waals surface area contributed by atoms with Crippen molar-refractivity contribution in [3.63, 3.8) is 0 Å². The second-order valence-electron chi connectivity index (χ2n) is 5.10. The van der Waals surface area contributed by atoms with Crippen LogP contribution in [0.4, 0.5) is 5.69 Å². The van der Waals surface area contributed by atoms with Crippen molar-refractivity contribution in [2.45, 2.75) is 33.6 Å². The molecular weight excluding hydrogens is 276 g/mol. The van der Waals surface area contributed by atoms with E-state index in [-0.39, 0.29) is 11.8 Å². The van der Waals surface area contributed by atoms with Gasteiger partial charge in [0.1, 0.15) is 0 Å². The lowest BCUT2D eigenvalue weighted by molar-refractivity contribution is -0.116. The second kappa shape index (κ2) is 7.90. The maximum atomic E-state index is 12.0. The molecule has 0 saturated carbocycles. The van der Waals surface area contributed by atoms with E-state index in [0.717, 1.165) is 6.42 Å². The van der Waals surface area contributed by atoms with Crippen LogP contribution < -0.4 is 10.6 Å². The topological polar surface area (TPSA) is 58.2 Å². The standard InChI is InChI=1S/C15H21ClN2O2/c1-4-5-14(19)18-13-8-11(6-7-12(13)16)15(20)17-9-10(2)3/h6-8,10H,4-5,9H2,1-3H3,(H,17,20)(H,18,19). The monoisotopic (exact) mass is 296 g/mol. The van der Waals surface area contributed by atoms with Gasteiger partial charge in [-0.15, -0.1) is 0 Å². The summed E-state index contributed by atoms with van der Waals surface area (Å²) in [6.07, 6.45) is 1.19. The van der Waals surface area contributed by atoms with E-state index in [4.69, 9.17) is 11.6 Å². The third-order valence-electron chi connectivity index (χ3n) is 2.65. The lowest BCUT2D eigenvalue weighted by Gasteiger charge is -2.11. The highest BCUT2D eigenvalue weighted by Crippen LogP contribution is 2.23. The van der Waals surface area contributed by atoms with E-state index in [1.54, 1.807) is 18.2 Å². The number of carbonyl (C=O) groups is 2. The van der Waals surface area contributed by atoms with Gasteiger partial charge in [-0.25, -0.2) is 0 Å². The minimum atomic E-state index is -0.165. The van der Waals surface area contributed by atoms with E-state index in [2.05, 4.69) is 10.6 Å². The fraction of sp³-hybridized carbons (Fsp3) is 0.467. The minimum Gasteiger partial charge on any atom is -0.352 e. The van der Waals surface area contributed by atoms with Crippen LogP contribution in [-0.2, 0) is 4.79 Å². The molecule has 5 heteroatoms. The van der Waals surface area contributed by atoms with Crippen LogP contribution in [-0.4, -0.2) is 18.4 Å². The molecule has 0 atom stereocenters. The number of amides is 2. The molecule has 0 unspecified atom stereocenters. The minimum absolute atomic E-state index is 0.103. The van der Waals surface area contributed by atoms with Crippen LogP contribution in [0.25, 0.3) is 0 Å². The fourth-order valence-corrected chi connectivity index (χ4v) is 1.77. The van der Waals surface area contributed by atoms with Crippen LogP contribution in [0.5, 0.6) is 0 Å². The third-order valence-corrected chi connectivity index (χ3v) is 2.98. The molecule has 2 N–H and O–H groups in total. The Morgan fingerprint density at radius 2 is 2.00 bits per heavy atom. The van der Waals surface area contributed by atoms with Crippen molar-refractivity contribution in [2.75, 3.05) is 11.9 Å². The van der Waals surface area contributed by atoms with Gasteiger partial charge in [-0.05, 0) is 30.5 Å². The van der Waals surface area contributed by atoms with Gasteiger partial charge in [0.25, 0.3) is 5.91 Å². The molecule has 0 heterocycles. The van der Waals surface area contributed by atoms with Gasteiger partial charge in [0.05, 0.1) is 10.7 Å². The van der Waals surface area contributed by atoms with E-state index >= 15 is 0 Å². The van der Waals surface area contributed by atoms with E-state index in [1.165, 1.54) is 0 Å². The fourth-order valence-electron chi connectivity index (χ4n) is 1.60. The Morgan fingerprint density at radius 1 is 1.30 bits per heavy atom. The molecule has 2 amide bonds. The summed E-state index contributed by atoms with van der Waals surface area (Å²) in [6, 6.07) is 4.87. The second-order valence-corrected chi connectivity index (χ2v) is 5.50. The Bertz CT molecular complexity index is 487. The molecule has 0 radical (unpaired) electrons. The highest BCUT2D eigenvalue weighted by Gasteiger charge is 2.11. The number of hydrogen-bond donors (Lipinski definition) is 2. The summed E-state index contributed by atoms with van der Waals surface area (Å²) < 4.78 is 0. The smallest absolute Gasteiger partial charge is 0.251 e. The average Bonchev–Trinajstić information content (AvgIpc) is 2.38. The largest absolute Gasteiger partial charge is 0.352 e. The van der Waals surface area contributed by atoms with Crippen molar-refractivity contribution >= 4 is 29.1 Å². The molecule has 0 aliphatic heterocycles. The molecule has 0 fully saturated rings. The average molecular weight is 297 g/mol. The highest BCUT2D eigenvalue weighted by molar-refractivity contribution is 6.33. The molecule has 0 aromatic heterocycles. The molecule has 1 aromatic rings. The van der Waals surface area contributed by atoms with E-state index in [9.17, 15) is 9.59 Å². The van der Waals surface area contributed by atoms with Gasteiger partial charge in [0, 0.05) is 18.5 Å². The Kier molecular flexibility index (Phi) is 6.52. The summed E-state index contributed by atoms with van der Waals surface area (Å²) in [5.41, 5.74) is 0.962. The van der Waals surface area contributed by atoms with Crippen molar-refractivity contribution in [3.8, 4) is 0 Å². The zero-order chi connectivity index (χ0) is 15.1. The Morgan fingerprint density at radius 3 is 2.60 bits per heavy atom. The third kappa shape index (κ3) is 5.21. The molecule has 0 aliphatic rings. The van der Waals surface area contributed by atoms with Crippen molar-refractivity contribution in [1.82, 2.24) is 5.32 Å². The Balaban J connectivity index is 2.80. The van der Waals surface area contributed by atoms with Gasteiger partial charge >= 0.3 is 0 Å². The van der Waals surface area contributed by atoms with Gasteiger partial charge < -0.3 is 10.6 Å². The number of hydrogen-bond acceptors (Lipinski definition) is 2. The number of rotatable bonds is 6. The first-order valence-electron chi connectivity index (χ1n) is 6.81. The molecule has 1 rings (SSSR count). The lowest BCUT2D eigenvalue weighted by atomic mass is 10.1. The Hall–Kier alpha value is -1.55. The zero-order valence-corrected chi connectivity index (χ0v) is 12.9. The molecule has 0 aliphatic carbocycles.